The molecule has 2 nitrogen and oxygen atoms in total. The molecule has 30 heavy (non-hydrogen) atoms. The number of ketones is 1. The van der Waals surface area contributed by atoms with Crippen LogP contribution in [0.25, 0.3) is 0 Å². The van der Waals surface area contributed by atoms with Gasteiger partial charge in [-0.3, -0.25) is 4.79 Å². The number of fused-ring (bicyclic) bond motifs is 4. The van der Waals surface area contributed by atoms with Gasteiger partial charge < -0.3 is 5.11 Å². The minimum absolute atomic E-state index is 0.0606. The fourth-order valence-electron chi connectivity index (χ4n) is 7.81. The van der Waals surface area contributed by atoms with Crippen LogP contribution < -0.4 is 0 Å². The largest absolute Gasteiger partial charge is 0.393 e. The van der Waals surface area contributed by atoms with Crippen LogP contribution in [0, 0.1) is 46.3 Å². The highest BCUT2D eigenvalue weighted by Gasteiger charge is 2.57. The van der Waals surface area contributed by atoms with Crippen LogP contribution in [-0.4, -0.2) is 17.0 Å². The van der Waals surface area contributed by atoms with Crippen molar-refractivity contribution >= 4 is 5.78 Å². The Hall–Kier alpha value is -0.890. The maximum Gasteiger partial charge on any atom is 0.159 e. The molecule has 1 N–H and O–H groups in total. The summed E-state index contributed by atoms with van der Waals surface area (Å²) >= 11 is 0. The highest BCUT2D eigenvalue weighted by atomic mass is 16.3. The van der Waals surface area contributed by atoms with Gasteiger partial charge in [0.05, 0.1) is 6.10 Å². The van der Waals surface area contributed by atoms with E-state index in [0.717, 1.165) is 44.9 Å². The Morgan fingerprint density at radius 2 is 1.77 bits per heavy atom. The predicted octanol–water partition coefficient (Wildman–Crippen LogP) is 6.73. The number of carbonyl (C=O) groups is 1. The predicted molar refractivity (Wildman–Crippen MR) is 124 cm³/mol. The lowest BCUT2D eigenvalue weighted by Gasteiger charge is -2.56. The van der Waals surface area contributed by atoms with Crippen LogP contribution in [-0.2, 0) is 4.79 Å². The number of aliphatic hydroxyl groups excluding tert-OH is 1. The van der Waals surface area contributed by atoms with Gasteiger partial charge in [-0.2, -0.15) is 0 Å². The number of hydrogen-bond donors (Lipinski definition) is 1. The Morgan fingerprint density at radius 1 is 1.03 bits per heavy atom. The molecular weight excluding hydrogens is 368 g/mol. The second kappa shape index (κ2) is 7.91. The zero-order valence-corrected chi connectivity index (χ0v) is 20.2. The fraction of sp³-hybridized carbons (Fsp3) is 0.821. The molecule has 0 amide bonds. The van der Waals surface area contributed by atoms with Crippen molar-refractivity contribution in [2.24, 2.45) is 46.3 Å². The van der Waals surface area contributed by atoms with E-state index in [0.29, 0.717) is 41.3 Å². The van der Waals surface area contributed by atoms with E-state index in [4.69, 9.17) is 0 Å². The summed E-state index contributed by atoms with van der Waals surface area (Å²) in [6.45, 7) is 14.1. The van der Waals surface area contributed by atoms with Crippen molar-refractivity contribution < 1.29 is 9.90 Å². The lowest BCUT2D eigenvalue weighted by Crippen LogP contribution is -2.48. The molecule has 4 aliphatic carbocycles. The molecule has 0 aliphatic heterocycles. The molecule has 168 valence electrons. The molecule has 0 spiro atoms. The Bertz CT molecular complexity index is 746. The van der Waals surface area contributed by atoms with Gasteiger partial charge in [0.2, 0.25) is 0 Å². The molecule has 0 heterocycles. The molecule has 8 atom stereocenters. The van der Waals surface area contributed by atoms with Crippen LogP contribution in [0.1, 0.15) is 92.9 Å². The average molecular weight is 413 g/mol. The SMILES string of the molecule is CC(C)[C@@H](C)/C=C/[C@@H](C)[C@H]1CC(=O)C2=C3CC[C@H]4C[C@@H](O)CC[C@]4(C)[C@H]3CC[C@@]21C. The maximum absolute atomic E-state index is 13.4. The lowest BCUT2D eigenvalue weighted by molar-refractivity contribution is -0.115. The maximum atomic E-state index is 13.4. The molecule has 4 rings (SSSR count). The van der Waals surface area contributed by atoms with Gasteiger partial charge in [0, 0.05) is 12.0 Å². The number of hydrogen-bond acceptors (Lipinski definition) is 2. The van der Waals surface area contributed by atoms with Crippen molar-refractivity contribution in [3.05, 3.63) is 23.3 Å². The minimum atomic E-state index is -0.107. The summed E-state index contributed by atoms with van der Waals surface area (Å²) in [6.07, 6.45) is 13.1. The van der Waals surface area contributed by atoms with Gasteiger partial charge in [0.25, 0.3) is 0 Å². The van der Waals surface area contributed by atoms with Gasteiger partial charge in [0.1, 0.15) is 0 Å². The molecule has 0 aromatic heterocycles. The molecule has 2 heteroatoms. The highest BCUT2D eigenvalue weighted by molar-refractivity contribution is 6.00. The van der Waals surface area contributed by atoms with Crippen molar-refractivity contribution in [3.8, 4) is 0 Å². The zero-order chi connectivity index (χ0) is 21.8. The van der Waals surface area contributed by atoms with E-state index in [2.05, 4.69) is 53.7 Å². The molecule has 0 bridgehead atoms. The van der Waals surface area contributed by atoms with E-state index in [-0.39, 0.29) is 16.9 Å². The van der Waals surface area contributed by atoms with Crippen LogP contribution in [0.2, 0.25) is 0 Å². The van der Waals surface area contributed by atoms with Crippen molar-refractivity contribution in [2.75, 3.05) is 0 Å². The second-order valence-electron chi connectivity index (χ2n) is 12.2. The molecule has 3 fully saturated rings. The molecule has 0 saturated heterocycles. The third-order valence-electron chi connectivity index (χ3n) is 10.2. The number of Topliss-reactive ketones (excluding diaryl/α,β-unsaturated/α-hetero) is 1. The lowest BCUT2D eigenvalue weighted by atomic mass is 9.49. The monoisotopic (exact) mass is 412 g/mol. The van der Waals surface area contributed by atoms with E-state index >= 15 is 0 Å². The van der Waals surface area contributed by atoms with Crippen LogP contribution in [0.4, 0.5) is 0 Å². The van der Waals surface area contributed by atoms with Crippen molar-refractivity contribution in [1.82, 2.24) is 0 Å². The summed E-state index contributed by atoms with van der Waals surface area (Å²) in [6, 6.07) is 0. The fourth-order valence-corrected chi connectivity index (χ4v) is 7.81. The van der Waals surface area contributed by atoms with E-state index in [1.165, 1.54) is 17.6 Å². The molecule has 4 aliphatic rings. The topological polar surface area (TPSA) is 37.3 Å². The van der Waals surface area contributed by atoms with Crippen molar-refractivity contribution in [3.63, 3.8) is 0 Å². The third-order valence-corrected chi connectivity index (χ3v) is 10.2. The summed E-state index contributed by atoms with van der Waals surface area (Å²) in [5.41, 5.74) is 3.15. The Kier molecular flexibility index (Phi) is 5.88. The number of allylic oxidation sites excluding steroid dienone is 4. The molecule has 3 saturated carbocycles. The first kappa shape index (κ1) is 22.3. The van der Waals surface area contributed by atoms with E-state index in [9.17, 15) is 9.90 Å². The summed E-state index contributed by atoms with van der Waals surface area (Å²) in [5.74, 6) is 3.80. The second-order valence-corrected chi connectivity index (χ2v) is 12.2. The third kappa shape index (κ3) is 3.46. The summed E-state index contributed by atoms with van der Waals surface area (Å²) in [4.78, 5) is 13.4. The first-order valence-electron chi connectivity index (χ1n) is 12.7. The van der Waals surface area contributed by atoms with Crippen molar-refractivity contribution in [1.29, 1.82) is 0 Å². The molecule has 0 unspecified atom stereocenters. The molecule has 0 radical (unpaired) electrons. The van der Waals surface area contributed by atoms with Gasteiger partial charge in [0.15, 0.2) is 5.78 Å². The number of carbonyl (C=O) groups excluding carboxylic acids is 1. The summed E-state index contributed by atoms with van der Waals surface area (Å²) in [7, 11) is 0. The average Bonchev–Trinajstić information content (AvgIpc) is 2.97. The van der Waals surface area contributed by atoms with Crippen LogP contribution in [0.3, 0.4) is 0 Å². The quantitative estimate of drug-likeness (QED) is 0.520. The molecule has 0 aromatic rings. The zero-order valence-electron chi connectivity index (χ0n) is 20.2. The van der Waals surface area contributed by atoms with Gasteiger partial charge >= 0.3 is 0 Å². The number of rotatable bonds is 4. The van der Waals surface area contributed by atoms with E-state index in [1.54, 1.807) is 0 Å². The summed E-state index contributed by atoms with van der Waals surface area (Å²) < 4.78 is 0. The first-order chi connectivity index (χ1) is 14.1. The van der Waals surface area contributed by atoms with Crippen molar-refractivity contribution in [2.45, 2.75) is 99.0 Å². The summed E-state index contributed by atoms with van der Waals surface area (Å²) in [5, 5.41) is 10.2. The van der Waals surface area contributed by atoms with Gasteiger partial charge in [-0.1, -0.05) is 59.3 Å². The van der Waals surface area contributed by atoms with Gasteiger partial charge in [-0.25, -0.2) is 0 Å². The number of aliphatic hydroxyl groups is 1. The van der Waals surface area contributed by atoms with Crippen LogP contribution in [0.15, 0.2) is 23.3 Å². The molecule has 0 aromatic carbocycles. The standard InChI is InChI=1S/C28H44O2/c1-17(2)18(3)7-8-19(4)24-16-25(30)26-22-10-9-20-15-21(29)11-13-27(20,5)23(22)12-14-28(24,26)6/h7-8,17-21,23-24,29H,9-16H2,1-6H3/b8-7+/t18-,19+,20-,21-,23-,24+,27-,28+/m0/s1. The van der Waals surface area contributed by atoms with Gasteiger partial charge in [-0.05, 0) is 91.3 Å². The van der Waals surface area contributed by atoms with E-state index < -0.39 is 0 Å². The smallest absolute Gasteiger partial charge is 0.159 e. The van der Waals surface area contributed by atoms with E-state index in [1.807, 2.05) is 0 Å². The Balaban J connectivity index is 1.63. The highest BCUT2D eigenvalue weighted by Crippen LogP contribution is 2.65. The normalized spacial score (nSPS) is 43.5. The van der Waals surface area contributed by atoms with Crippen LogP contribution in [0.5, 0.6) is 0 Å². The first-order valence-corrected chi connectivity index (χ1v) is 12.7. The van der Waals surface area contributed by atoms with Crippen LogP contribution >= 0.6 is 0 Å². The molecular formula is C28H44O2. The van der Waals surface area contributed by atoms with Gasteiger partial charge in [-0.15, -0.1) is 0 Å². The minimum Gasteiger partial charge on any atom is -0.393 e. The Morgan fingerprint density at radius 3 is 2.47 bits per heavy atom. The Labute approximate surface area is 184 Å².